The van der Waals surface area contributed by atoms with Crippen molar-refractivity contribution < 1.29 is 9.90 Å². The highest BCUT2D eigenvalue weighted by Crippen LogP contribution is 2.03. The molecule has 1 heterocycles. The van der Waals surface area contributed by atoms with E-state index < -0.39 is 0 Å². The van der Waals surface area contributed by atoms with Crippen LogP contribution in [0.1, 0.15) is 20.3 Å². The van der Waals surface area contributed by atoms with Crippen molar-refractivity contribution >= 4 is 5.91 Å². The van der Waals surface area contributed by atoms with Crippen molar-refractivity contribution in [3.8, 4) is 0 Å². The van der Waals surface area contributed by atoms with Gasteiger partial charge in [-0.25, -0.2) is 0 Å². The maximum atomic E-state index is 9.70. The molecule has 12 heavy (non-hydrogen) atoms. The third-order valence-corrected chi connectivity index (χ3v) is 1.68. The second kappa shape index (κ2) is 5.97. The summed E-state index contributed by atoms with van der Waals surface area (Å²) in [6.07, 6.45) is 0.829. The standard InChI is InChI=1S/C5H11NO.C3H7NO/c1-4-2-5(7)3-6-4;1-3(5)4-2/h4-7H,2-3H2,1H3;1-2H3,(H,4,5). The number of aliphatic hydroxyl groups excluding tert-OH is 1. The molecule has 1 saturated heterocycles. The van der Waals surface area contributed by atoms with E-state index in [1.807, 2.05) is 0 Å². The normalized spacial score (nSPS) is 27.3. The summed E-state index contributed by atoms with van der Waals surface area (Å²) in [7, 11) is 1.60. The second-order valence-electron chi connectivity index (χ2n) is 3.01. The van der Waals surface area contributed by atoms with E-state index in [1.165, 1.54) is 6.92 Å². The van der Waals surface area contributed by atoms with Crippen molar-refractivity contribution in [2.45, 2.75) is 32.4 Å². The molecular formula is C8H18N2O2. The van der Waals surface area contributed by atoms with Crippen molar-refractivity contribution in [1.82, 2.24) is 10.6 Å². The lowest BCUT2D eigenvalue weighted by atomic mass is 10.2. The summed E-state index contributed by atoms with van der Waals surface area (Å²) in [5.41, 5.74) is 0. The zero-order chi connectivity index (χ0) is 9.56. The monoisotopic (exact) mass is 174 g/mol. The summed E-state index contributed by atoms with van der Waals surface area (Å²) in [6, 6.07) is 0.523. The number of nitrogens with one attached hydrogen (secondary N) is 2. The van der Waals surface area contributed by atoms with E-state index >= 15 is 0 Å². The van der Waals surface area contributed by atoms with Crippen LogP contribution in [0.3, 0.4) is 0 Å². The van der Waals surface area contributed by atoms with Gasteiger partial charge in [0.25, 0.3) is 0 Å². The van der Waals surface area contributed by atoms with Gasteiger partial charge in [-0.05, 0) is 13.3 Å². The van der Waals surface area contributed by atoms with Gasteiger partial charge in [0.05, 0.1) is 6.10 Å². The van der Waals surface area contributed by atoms with Gasteiger partial charge < -0.3 is 15.7 Å². The third-order valence-electron chi connectivity index (χ3n) is 1.68. The SMILES string of the molecule is CC1CC(O)CN1.CNC(C)=O. The number of carbonyl (C=O) groups is 1. The number of rotatable bonds is 0. The summed E-state index contributed by atoms with van der Waals surface area (Å²) in [5, 5.41) is 14.3. The molecule has 0 radical (unpaired) electrons. The van der Waals surface area contributed by atoms with Gasteiger partial charge in [-0.15, -0.1) is 0 Å². The van der Waals surface area contributed by atoms with Gasteiger partial charge in [-0.3, -0.25) is 4.79 Å². The summed E-state index contributed by atoms with van der Waals surface area (Å²) in [4.78, 5) is 9.70. The first-order chi connectivity index (χ1) is 5.56. The molecule has 2 unspecified atom stereocenters. The molecule has 72 valence electrons. The van der Waals surface area contributed by atoms with Crippen LogP contribution in [0.2, 0.25) is 0 Å². The Balaban J connectivity index is 0.000000217. The van der Waals surface area contributed by atoms with Crippen LogP contribution in [-0.4, -0.2) is 36.8 Å². The first-order valence-corrected chi connectivity index (χ1v) is 4.16. The Hall–Kier alpha value is -0.610. The molecule has 3 N–H and O–H groups in total. The molecular weight excluding hydrogens is 156 g/mol. The minimum atomic E-state index is -0.0880. The Kier molecular flexibility index (Phi) is 5.66. The minimum absolute atomic E-state index is 0.00463. The van der Waals surface area contributed by atoms with Gasteiger partial charge in [-0.2, -0.15) is 0 Å². The number of hydrogen-bond donors (Lipinski definition) is 3. The number of hydrogen-bond acceptors (Lipinski definition) is 3. The molecule has 1 aliphatic rings. The maximum Gasteiger partial charge on any atom is 0.216 e. The molecule has 0 aromatic carbocycles. The van der Waals surface area contributed by atoms with Crippen LogP contribution in [0.5, 0.6) is 0 Å². The fourth-order valence-electron chi connectivity index (χ4n) is 0.912. The fraction of sp³-hybridized carbons (Fsp3) is 0.875. The quantitative estimate of drug-likeness (QED) is 0.463. The van der Waals surface area contributed by atoms with Crippen LogP contribution < -0.4 is 10.6 Å². The lowest BCUT2D eigenvalue weighted by Crippen LogP contribution is -2.17. The zero-order valence-corrected chi connectivity index (χ0v) is 7.92. The number of amides is 1. The van der Waals surface area contributed by atoms with E-state index in [-0.39, 0.29) is 12.0 Å². The minimum Gasteiger partial charge on any atom is -0.392 e. The van der Waals surface area contributed by atoms with Crippen molar-refractivity contribution in [2.75, 3.05) is 13.6 Å². The summed E-state index contributed by atoms with van der Waals surface area (Å²) < 4.78 is 0. The van der Waals surface area contributed by atoms with E-state index in [4.69, 9.17) is 5.11 Å². The van der Waals surface area contributed by atoms with Crippen LogP contribution >= 0.6 is 0 Å². The largest absolute Gasteiger partial charge is 0.392 e. The summed E-state index contributed by atoms with van der Waals surface area (Å²) in [5.74, 6) is 0.00463. The highest BCUT2D eigenvalue weighted by Gasteiger charge is 2.16. The highest BCUT2D eigenvalue weighted by molar-refractivity contribution is 5.72. The van der Waals surface area contributed by atoms with Crippen molar-refractivity contribution in [1.29, 1.82) is 0 Å². The molecule has 0 aliphatic carbocycles. The lowest BCUT2D eigenvalue weighted by Gasteiger charge is -1.95. The topological polar surface area (TPSA) is 61.4 Å². The van der Waals surface area contributed by atoms with Crippen LogP contribution in [0.25, 0.3) is 0 Å². The lowest BCUT2D eigenvalue weighted by molar-refractivity contribution is -0.118. The molecule has 0 aromatic heterocycles. The number of aliphatic hydroxyl groups is 1. The fourth-order valence-corrected chi connectivity index (χ4v) is 0.912. The first kappa shape index (κ1) is 11.4. The van der Waals surface area contributed by atoms with Gasteiger partial charge in [0.15, 0.2) is 0 Å². The van der Waals surface area contributed by atoms with Crippen LogP contribution in [0, 0.1) is 0 Å². The van der Waals surface area contributed by atoms with Crippen LogP contribution in [0.15, 0.2) is 0 Å². The Morgan fingerprint density at radius 3 is 2.25 bits per heavy atom. The van der Waals surface area contributed by atoms with E-state index in [9.17, 15) is 4.79 Å². The zero-order valence-electron chi connectivity index (χ0n) is 7.92. The van der Waals surface area contributed by atoms with Gasteiger partial charge in [0, 0.05) is 26.6 Å². The van der Waals surface area contributed by atoms with Crippen LogP contribution in [-0.2, 0) is 4.79 Å². The predicted octanol–water partition coefficient (Wildman–Crippen LogP) is -0.519. The highest BCUT2D eigenvalue weighted by atomic mass is 16.3. The molecule has 1 aliphatic heterocycles. The molecule has 4 heteroatoms. The summed E-state index contributed by atoms with van der Waals surface area (Å²) >= 11 is 0. The number of β-amino-alcohol motifs (C(OH)–C–C–N with tert-alkyl or cyclic N) is 1. The number of carbonyl (C=O) groups excluding carboxylic acids is 1. The molecule has 1 amide bonds. The average Bonchev–Trinajstić information content (AvgIpc) is 2.36. The molecule has 0 aromatic rings. The maximum absolute atomic E-state index is 9.70. The van der Waals surface area contributed by atoms with E-state index in [2.05, 4.69) is 17.6 Å². The Labute approximate surface area is 73.3 Å². The van der Waals surface area contributed by atoms with E-state index in [0.29, 0.717) is 6.04 Å². The Bertz CT molecular complexity index is 131. The average molecular weight is 174 g/mol. The smallest absolute Gasteiger partial charge is 0.216 e. The van der Waals surface area contributed by atoms with Crippen molar-refractivity contribution in [3.05, 3.63) is 0 Å². The summed E-state index contributed by atoms with van der Waals surface area (Å²) in [6.45, 7) is 4.33. The molecule has 0 spiro atoms. The molecule has 4 nitrogen and oxygen atoms in total. The first-order valence-electron chi connectivity index (χ1n) is 4.16. The molecule has 1 fully saturated rings. The van der Waals surface area contributed by atoms with E-state index in [1.54, 1.807) is 7.05 Å². The molecule has 1 rings (SSSR count). The molecule has 2 atom stereocenters. The van der Waals surface area contributed by atoms with Gasteiger partial charge in [-0.1, -0.05) is 0 Å². The van der Waals surface area contributed by atoms with E-state index in [0.717, 1.165) is 13.0 Å². The Morgan fingerprint density at radius 2 is 2.17 bits per heavy atom. The van der Waals surface area contributed by atoms with Crippen molar-refractivity contribution in [3.63, 3.8) is 0 Å². The van der Waals surface area contributed by atoms with Gasteiger partial charge in [0.1, 0.15) is 0 Å². The second-order valence-corrected chi connectivity index (χ2v) is 3.01. The van der Waals surface area contributed by atoms with Crippen LogP contribution in [0.4, 0.5) is 0 Å². The van der Waals surface area contributed by atoms with Crippen molar-refractivity contribution in [2.24, 2.45) is 0 Å². The molecule has 0 saturated carbocycles. The third kappa shape index (κ3) is 6.12. The predicted molar refractivity (Wildman–Crippen MR) is 47.8 cm³/mol. The molecule has 0 bridgehead atoms. The van der Waals surface area contributed by atoms with Gasteiger partial charge >= 0.3 is 0 Å². The van der Waals surface area contributed by atoms with Gasteiger partial charge in [0.2, 0.25) is 5.91 Å². The Morgan fingerprint density at radius 1 is 1.67 bits per heavy atom.